The van der Waals surface area contributed by atoms with E-state index in [4.69, 9.17) is 5.11 Å². The number of carbonyl (C=O) groups is 2. The Morgan fingerprint density at radius 2 is 2.10 bits per heavy atom. The van der Waals surface area contributed by atoms with Crippen molar-refractivity contribution in [3.63, 3.8) is 0 Å². The maximum absolute atomic E-state index is 12.3. The van der Waals surface area contributed by atoms with Crippen LogP contribution in [-0.4, -0.2) is 65.7 Å². The summed E-state index contributed by atoms with van der Waals surface area (Å²) in [4.78, 5) is 26.8. The summed E-state index contributed by atoms with van der Waals surface area (Å²) in [5.41, 5.74) is 0. The van der Waals surface area contributed by atoms with Crippen LogP contribution in [0.25, 0.3) is 0 Å². The second-order valence-corrected chi connectivity index (χ2v) is 5.79. The Morgan fingerprint density at radius 1 is 1.40 bits per heavy atom. The highest BCUT2D eigenvalue weighted by atomic mass is 16.4. The third kappa shape index (κ3) is 5.77. The molecule has 2 amide bonds. The van der Waals surface area contributed by atoms with Crippen LogP contribution in [0.4, 0.5) is 4.79 Å². The summed E-state index contributed by atoms with van der Waals surface area (Å²) in [6.07, 6.45) is 2.43. The summed E-state index contributed by atoms with van der Waals surface area (Å²) >= 11 is 0. The van der Waals surface area contributed by atoms with Gasteiger partial charge < -0.3 is 20.2 Å². The molecule has 0 aromatic heterocycles. The molecule has 0 aromatic rings. The van der Waals surface area contributed by atoms with Gasteiger partial charge in [0.05, 0.1) is 0 Å². The molecule has 0 aromatic carbocycles. The van der Waals surface area contributed by atoms with Gasteiger partial charge in [-0.1, -0.05) is 0 Å². The Balaban J connectivity index is 2.38. The Labute approximate surface area is 121 Å². The summed E-state index contributed by atoms with van der Waals surface area (Å²) in [6, 6.07) is 0.180. The zero-order valence-electron chi connectivity index (χ0n) is 12.8. The smallest absolute Gasteiger partial charge is 0.317 e. The van der Waals surface area contributed by atoms with Gasteiger partial charge in [-0.2, -0.15) is 0 Å². The fraction of sp³-hybridized carbons (Fsp3) is 0.857. The topological polar surface area (TPSA) is 72.9 Å². The number of aliphatic carboxylic acids is 1. The molecule has 0 bridgehead atoms. The number of nitrogens with one attached hydrogen (secondary N) is 1. The number of carboxylic acid groups (broad SMARTS) is 1. The number of amides is 2. The van der Waals surface area contributed by atoms with Crippen LogP contribution in [0.15, 0.2) is 0 Å². The number of hydrogen-bond donors (Lipinski definition) is 2. The van der Waals surface area contributed by atoms with Gasteiger partial charge in [0.2, 0.25) is 0 Å². The first-order valence-electron chi connectivity index (χ1n) is 7.37. The van der Waals surface area contributed by atoms with Gasteiger partial charge in [0.25, 0.3) is 0 Å². The van der Waals surface area contributed by atoms with Crippen LogP contribution in [0.3, 0.4) is 0 Å². The minimum atomic E-state index is -0.785. The van der Waals surface area contributed by atoms with Gasteiger partial charge in [-0.3, -0.25) is 4.79 Å². The molecule has 0 spiro atoms. The van der Waals surface area contributed by atoms with E-state index in [1.807, 2.05) is 11.8 Å². The Morgan fingerprint density at radius 3 is 2.75 bits per heavy atom. The van der Waals surface area contributed by atoms with Crippen molar-refractivity contribution in [2.45, 2.75) is 51.6 Å². The van der Waals surface area contributed by atoms with Crippen LogP contribution in [0.5, 0.6) is 0 Å². The Bertz CT molecular complexity index is 336. The van der Waals surface area contributed by atoms with E-state index in [-0.39, 0.29) is 24.5 Å². The maximum Gasteiger partial charge on any atom is 0.317 e. The highest BCUT2D eigenvalue weighted by molar-refractivity contribution is 5.75. The summed E-state index contributed by atoms with van der Waals surface area (Å²) < 4.78 is 0. The first-order valence-corrected chi connectivity index (χ1v) is 7.37. The third-order valence-electron chi connectivity index (χ3n) is 3.71. The lowest BCUT2D eigenvalue weighted by Gasteiger charge is -2.29. The highest BCUT2D eigenvalue weighted by Crippen LogP contribution is 2.09. The highest BCUT2D eigenvalue weighted by Gasteiger charge is 2.24. The molecule has 0 radical (unpaired) electrons. The van der Waals surface area contributed by atoms with Crippen LogP contribution < -0.4 is 5.32 Å². The summed E-state index contributed by atoms with van der Waals surface area (Å²) in [7, 11) is 2.08. The van der Waals surface area contributed by atoms with E-state index >= 15 is 0 Å². The lowest BCUT2D eigenvalue weighted by molar-refractivity contribution is -0.137. The van der Waals surface area contributed by atoms with Crippen molar-refractivity contribution in [3.8, 4) is 0 Å². The Kier molecular flexibility index (Phi) is 6.78. The van der Waals surface area contributed by atoms with Gasteiger partial charge in [0, 0.05) is 31.6 Å². The molecule has 2 N–H and O–H groups in total. The summed E-state index contributed by atoms with van der Waals surface area (Å²) in [5, 5.41) is 11.6. The minimum absolute atomic E-state index is 0.00929. The average molecular weight is 285 g/mol. The first kappa shape index (κ1) is 16.8. The molecule has 0 saturated carbocycles. The van der Waals surface area contributed by atoms with E-state index in [2.05, 4.69) is 24.2 Å². The van der Waals surface area contributed by atoms with Crippen molar-refractivity contribution in [1.82, 2.24) is 15.1 Å². The van der Waals surface area contributed by atoms with Gasteiger partial charge in [-0.25, -0.2) is 4.79 Å². The van der Waals surface area contributed by atoms with Crippen molar-refractivity contribution < 1.29 is 14.7 Å². The molecule has 2 atom stereocenters. The number of likely N-dealkylation sites (N-methyl/N-ethyl adjacent to an activating group) is 1. The maximum atomic E-state index is 12.3. The molecule has 1 saturated heterocycles. The van der Waals surface area contributed by atoms with Gasteiger partial charge in [0.15, 0.2) is 0 Å². The lowest BCUT2D eigenvalue weighted by Crippen LogP contribution is -2.49. The van der Waals surface area contributed by atoms with Crippen LogP contribution in [0, 0.1) is 0 Å². The standard InChI is InChI=1S/C14H27N3O3/c1-11(6-4-7-13(18)19)15-14(20)17-9-5-8-16(3)10-12(17)2/h11-12H,4-10H2,1-3H3,(H,15,20)(H,18,19). The molecular weight excluding hydrogens is 258 g/mol. The Hall–Kier alpha value is -1.30. The average Bonchev–Trinajstić information content (AvgIpc) is 2.49. The third-order valence-corrected chi connectivity index (χ3v) is 3.71. The number of rotatable bonds is 5. The van der Waals surface area contributed by atoms with Crippen molar-refractivity contribution in [2.75, 3.05) is 26.7 Å². The van der Waals surface area contributed by atoms with Crippen molar-refractivity contribution in [2.24, 2.45) is 0 Å². The SMILES string of the molecule is CC(CCCC(=O)O)NC(=O)N1CCCN(C)CC1C. The predicted molar refractivity (Wildman–Crippen MR) is 77.8 cm³/mol. The first-order chi connectivity index (χ1) is 9.40. The molecular formula is C14H27N3O3. The molecule has 6 nitrogen and oxygen atoms in total. The zero-order valence-corrected chi connectivity index (χ0v) is 12.8. The number of urea groups is 1. The second kappa shape index (κ2) is 8.09. The van der Waals surface area contributed by atoms with Gasteiger partial charge >= 0.3 is 12.0 Å². The molecule has 6 heteroatoms. The van der Waals surface area contributed by atoms with E-state index in [1.54, 1.807) is 0 Å². The van der Waals surface area contributed by atoms with Crippen molar-refractivity contribution in [3.05, 3.63) is 0 Å². The van der Waals surface area contributed by atoms with E-state index in [0.29, 0.717) is 12.8 Å². The molecule has 1 heterocycles. The quantitative estimate of drug-likeness (QED) is 0.800. The number of hydrogen-bond acceptors (Lipinski definition) is 3. The van der Waals surface area contributed by atoms with Crippen LogP contribution in [-0.2, 0) is 4.79 Å². The number of carboxylic acids is 1. The molecule has 0 aliphatic carbocycles. The van der Waals surface area contributed by atoms with Crippen LogP contribution in [0.1, 0.15) is 39.5 Å². The molecule has 20 heavy (non-hydrogen) atoms. The monoisotopic (exact) mass is 285 g/mol. The summed E-state index contributed by atoms with van der Waals surface area (Å²) in [5.74, 6) is -0.785. The molecule has 1 aliphatic rings. The van der Waals surface area contributed by atoms with E-state index in [0.717, 1.165) is 26.1 Å². The van der Waals surface area contributed by atoms with Gasteiger partial charge in [-0.15, -0.1) is 0 Å². The molecule has 1 rings (SSSR count). The van der Waals surface area contributed by atoms with Crippen LogP contribution >= 0.6 is 0 Å². The fourth-order valence-electron chi connectivity index (χ4n) is 2.60. The zero-order chi connectivity index (χ0) is 15.1. The second-order valence-electron chi connectivity index (χ2n) is 5.79. The number of nitrogens with zero attached hydrogens (tertiary/aromatic N) is 2. The number of carbonyl (C=O) groups excluding carboxylic acids is 1. The summed E-state index contributed by atoms with van der Waals surface area (Å²) in [6.45, 7) is 6.67. The van der Waals surface area contributed by atoms with Gasteiger partial charge in [-0.05, 0) is 46.7 Å². The minimum Gasteiger partial charge on any atom is -0.481 e. The molecule has 1 fully saturated rings. The molecule has 116 valence electrons. The lowest BCUT2D eigenvalue weighted by atomic mass is 10.1. The van der Waals surface area contributed by atoms with E-state index in [9.17, 15) is 9.59 Å². The molecule has 2 unspecified atom stereocenters. The normalized spacial score (nSPS) is 22.1. The van der Waals surface area contributed by atoms with Crippen molar-refractivity contribution in [1.29, 1.82) is 0 Å². The van der Waals surface area contributed by atoms with E-state index in [1.165, 1.54) is 0 Å². The predicted octanol–water partition coefficient (Wildman–Crippen LogP) is 1.37. The largest absolute Gasteiger partial charge is 0.481 e. The fourth-order valence-corrected chi connectivity index (χ4v) is 2.60. The van der Waals surface area contributed by atoms with Crippen molar-refractivity contribution >= 4 is 12.0 Å². The van der Waals surface area contributed by atoms with E-state index < -0.39 is 5.97 Å². The molecule has 1 aliphatic heterocycles. The van der Waals surface area contributed by atoms with Gasteiger partial charge in [0.1, 0.15) is 0 Å². The van der Waals surface area contributed by atoms with Crippen LogP contribution in [0.2, 0.25) is 0 Å².